The molecule has 3 N–H and O–H groups in total. The molecular formula is C11H21N3O2. The monoisotopic (exact) mass is 227 g/mol. The van der Waals surface area contributed by atoms with Crippen molar-refractivity contribution in [2.45, 2.75) is 20.8 Å². The van der Waals surface area contributed by atoms with Gasteiger partial charge in [0.1, 0.15) is 0 Å². The summed E-state index contributed by atoms with van der Waals surface area (Å²) in [7, 11) is 0. The summed E-state index contributed by atoms with van der Waals surface area (Å²) in [5, 5.41) is 8.62. The summed E-state index contributed by atoms with van der Waals surface area (Å²) in [6.45, 7) is 8.10. The number of hydrogen-bond acceptors (Lipinski definition) is 3. The van der Waals surface area contributed by atoms with Gasteiger partial charge in [0.15, 0.2) is 0 Å². The van der Waals surface area contributed by atoms with Gasteiger partial charge in [-0.15, -0.1) is 0 Å². The third-order valence-corrected chi connectivity index (χ3v) is 2.54. The first-order valence-corrected chi connectivity index (χ1v) is 5.68. The van der Waals surface area contributed by atoms with Crippen molar-refractivity contribution in [3.63, 3.8) is 0 Å². The van der Waals surface area contributed by atoms with Crippen LogP contribution in [-0.2, 0) is 9.59 Å². The third kappa shape index (κ3) is 3.81. The second-order valence-electron chi connectivity index (χ2n) is 5.15. The van der Waals surface area contributed by atoms with E-state index < -0.39 is 0 Å². The maximum atomic E-state index is 11.5. The number of amides is 2. The first-order chi connectivity index (χ1) is 7.41. The van der Waals surface area contributed by atoms with Crippen LogP contribution in [0.4, 0.5) is 0 Å². The van der Waals surface area contributed by atoms with Gasteiger partial charge < -0.3 is 16.0 Å². The fourth-order valence-corrected chi connectivity index (χ4v) is 1.25. The fraction of sp³-hybridized carbons (Fsp3) is 0.818. The fourth-order valence-electron chi connectivity index (χ4n) is 1.25. The highest BCUT2D eigenvalue weighted by Gasteiger charge is 2.24. The molecule has 1 aliphatic heterocycles. The van der Waals surface area contributed by atoms with Crippen LogP contribution in [0.5, 0.6) is 0 Å². The minimum absolute atomic E-state index is 0.00654. The van der Waals surface area contributed by atoms with Crippen molar-refractivity contribution >= 4 is 11.8 Å². The number of carbonyl (C=O) groups excluding carboxylic acids is 2. The van der Waals surface area contributed by atoms with Gasteiger partial charge >= 0.3 is 0 Å². The van der Waals surface area contributed by atoms with Crippen molar-refractivity contribution in [3.05, 3.63) is 0 Å². The van der Waals surface area contributed by atoms with Crippen molar-refractivity contribution in [3.8, 4) is 0 Å². The van der Waals surface area contributed by atoms with Gasteiger partial charge in [0.05, 0.1) is 5.92 Å². The van der Waals surface area contributed by atoms with Crippen LogP contribution < -0.4 is 16.0 Å². The zero-order valence-electron chi connectivity index (χ0n) is 10.2. The van der Waals surface area contributed by atoms with Crippen LogP contribution in [0.1, 0.15) is 20.8 Å². The predicted molar refractivity (Wildman–Crippen MR) is 61.8 cm³/mol. The average molecular weight is 227 g/mol. The Kier molecular flexibility index (Phi) is 4.29. The Labute approximate surface area is 96.4 Å². The van der Waals surface area contributed by atoms with E-state index in [2.05, 4.69) is 16.0 Å². The number of rotatable bonds is 4. The summed E-state index contributed by atoms with van der Waals surface area (Å²) >= 11 is 0. The van der Waals surface area contributed by atoms with Crippen molar-refractivity contribution in [2.24, 2.45) is 11.3 Å². The Morgan fingerprint density at radius 2 is 1.75 bits per heavy atom. The molecule has 1 aliphatic rings. The lowest BCUT2D eigenvalue weighted by Gasteiger charge is -2.26. The van der Waals surface area contributed by atoms with E-state index in [1.54, 1.807) is 0 Å². The summed E-state index contributed by atoms with van der Waals surface area (Å²) < 4.78 is 0. The number of hydrogen-bond donors (Lipinski definition) is 3. The molecule has 1 saturated heterocycles. The van der Waals surface area contributed by atoms with Crippen molar-refractivity contribution in [2.75, 3.05) is 26.2 Å². The van der Waals surface area contributed by atoms with Gasteiger partial charge in [-0.1, -0.05) is 20.8 Å². The van der Waals surface area contributed by atoms with Gasteiger partial charge in [-0.25, -0.2) is 0 Å². The van der Waals surface area contributed by atoms with Crippen molar-refractivity contribution < 1.29 is 9.59 Å². The van der Waals surface area contributed by atoms with Crippen LogP contribution in [0.15, 0.2) is 0 Å². The van der Waals surface area contributed by atoms with Crippen LogP contribution in [0.3, 0.4) is 0 Å². The summed E-state index contributed by atoms with van der Waals surface area (Å²) in [4.78, 5) is 22.9. The normalized spacial score (nSPS) is 16.4. The zero-order valence-corrected chi connectivity index (χ0v) is 10.2. The predicted octanol–water partition coefficient (Wildman–Crippen LogP) is -0.516. The molecule has 0 saturated carbocycles. The van der Waals surface area contributed by atoms with Gasteiger partial charge in [-0.2, -0.15) is 0 Å². The van der Waals surface area contributed by atoms with Gasteiger partial charge in [0.2, 0.25) is 11.8 Å². The van der Waals surface area contributed by atoms with Crippen molar-refractivity contribution in [1.29, 1.82) is 0 Å². The van der Waals surface area contributed by atoms with Gasteiger partial charge in [-0.05, 0) is 0 Å². The Morgan fingerprint density at radius 3 is 2.19 bits per heavy atom. The molecule has 1 fully saturated rings. The third-order valence-electron chi connectivity index (χ3n) is 2.54. The molecular weight excluding hydrogens is 206 g/mol. The zero-order chi connectivity index (χ0) is 12.2. The average Bonchev–Trinajstić information content (AvgIpc) is 2.07. The standard InChI is InChI=1S/C11H21N3O2/c1-11(2,3)10(16)14-5-4-13-9(15)8-6-12-7-8/h8,12H,4-7H2,1-3H3,(H,13,15)(H,14,16). The topological polar surface area (TPSA) is 70.2 Å². The smallest absolute Gasteiger partial charge is 0.225 e. The molecule has 0 atom stereocenters. The van der Waals surface area contributed by atoms with Crippen LogP contribution >= 0.6 is 0 Å². The second kappa shape index (κ2) is 5.30. The molecule has 0 aliphatic carbocycles. The molecule has 0 unspecified atom stereocenters. The lowest BCUT2D eigenvalue weighted by atomic mass is 9.96. The Hall–Kier alpha value is -1.10. The van der Waals surface area contributed by atoms with E-state index >= 15 is 0 Å². The molecule has 5 nitrogen and oxygen atoms in total. The summed E-state index contributed by atoms with van der Waals surface area (Å²) in [5.41, 5.74) is -0.373. The van der Waals surface area contributed by atoms with E-state index in [0.717, 1.165) is 13.1 Å². The highest BCUT2D eigenvalue weighted by Crippen LogP contribution is 2.11. The molecule has 16 heavy (non-hydrogen) atoms. The summed E-state index contributed by atoms with van der Waals surface area (Å²) in [6, 6.07) is 0. The molecule has 0 aromatic rings. The summed E-state index contributed by atoms with van der Waals surface area (Å²) in [5.74, 6) is 0.189. The van der Waals surface area contributed by atoms with E-state index in [4.69, 9.17) is 0 Å². The molecule has 0 bridgehead atoms. The molecule has 0 spiro atoms. The quantitative estimate of drug-likeness (QED) is 0.566. The number of nitrogens with one attached hydrogen (secondary N) is 3. The maximum absolute atomic E-state index is 11.5. The van der Waals surface area contributed by atoms with E-state index in [1.807, 2.05) is 20.8 Å². The van der Waals surface area contributed by atoms with Crippen LogP contribution in [0.2, 0.25) is 0 Å². The molecule has 1 heterocycles. The van der Waals surface area contributed by atoms with Crippen LogP contribution in [0.25, 0.3) is 0 Å². The van der Waals surface area contributed by atoms with E-state index in [-0.39, 0.29) is 23.1 Å². The highest BCUT2D eigenvalue weighted by atomic mass is 16.2. The first-order valence-electron chi connectivity index (χ1n) is 5.68. The lowest BCUT2D eigenvalue weighted by molar-refractivity contribution is -0.129. The highest BCUT2D eigenvalue weighted by molar-refractivity contribution is 5.81. The van der Waals surface area contributed by atoms with E-state index in [9.17, 15) is 9.59 Å². The van der Waals surface area contributed by atoms with E-state index in [0.29, 0.717) is 13.1 Å². The van der Waals surface area contributed by atoms with Crippen molar-refractivity contribution in [1.82, 2.24) is 16.0 Å². The Balaban J connectivity index is 2.07. The number of carbonyl (C=O) groups is 2. The Bertz CT molecular complexity index is 267. The molecule has 1 rings (SSSR count). The summed E-state index contributed by atoms with van der Waals surface area (Å²) in [6.07, 6.45) is 0. The van der Waals surface area contributed by atoms with Crippen LogP contribution in [0, 0.1) is 11.3 Å². The van der Waals surface area contributed by atoms with Gasteiger partial charge in [0, 0.05) is 31.6 Å². The van der Waals surface area contributed by atoms with E-state index in [1.165, 1.54) is 0 Å². The molecule has 0 aromatic heterocycles. The molecule has 0 radical (unpaired) electrons. The second-order valence-corrected chi connectivity index (χ2v) is 5.15. The SMILES string of the molecule is CC(C)(C)C(=O)NCCNC(=O)C1CNC1. The largest absolute Gasteiger partial charge is 0.354 e. The van der Waals surface area contributed by atoms with Crippen LogP contribution in [-0.4, -0.2) is 38.0 Å². The molecule has 2 amide bonds. The van der Waals surface area contributed by atoms with Gasteiger partial charge in [-0.3, -0.25) is 9.59 Å². The lowest BCUT2D eigenvalue weighted by Crippen LogP contribution is -2.51. The minimum atomic E-state index is -0.373. The molecule has 5 heteroatoms. The molecule has 92 valence electrons. The first kappa shape index (κ1) is 13.0. The van der Waals surface area contributed by atoms with Gasteiger partial charge in [0.25, 0.3) is 0 Å². The Morgan fingerprint density at radius 1 is 1.19 bits per heavy atom. The molecule has 0 aromatic carbocycles. The minimum Gasteiger partial charge on any atom is -0.354 e. The maximum Gasteiger partial charge on any atom is 0.225 e.